The minimum atomic E-state index is -0.655. The minimum Gasteiger partial charge on any atom is -0.313 e. The topological polar surface area (TPSA) is 29.1 Å². The molecule has 108 valence electrons. The Labute approximate surface area is 116 Å². The summed E-state index contributed by atoms with van der Waals surface area (Å²) in [5, 5.41) is 3.95. The Bertz CT molecular complexity index is 255. The fourth-order valence-corrected chi connectivity index (χ4v) is 5.11. The molecule has 0 amide bonds. The molecule has 0 aliphatic heterocycles. The molecule has 4 atom stereocenters. The molecule has 0 radical (unpaired) electrons. The maximum Gasteiger partial charge on any atom is 0.0503 e. The summed E-state index contributed by atoms with van der Waals surface area (Å²) in [6.45, 7) is 9.76. The van der Waals surface area contributed by atoms with Gasteiger partial charge in [0.2, 0.25) is 0 Å². The van der Waals surface area contributed by atoms with Crippen molar-refractivity contribution >= 4 is 10.8 Å². The zero-order valence-electron chi connectivity index (χ0n) is 12.6. The second kappa shape index (κ2) is 8.31. The van der Waals surface area contributed by atoms with Crippen LogP contribution < -0.4 is 5.32 Å². The number of hydrogen-bond acceptors (Lipinski definition) is 2. The Kier molecular flexibility index (Phi) is 7.47. The quantitative estimate of drug-likeness (QED) is 0.771. The first-order valence-corrected chi connectivity index (χ1v) is 9.07. The van der Waals surface area contributed by atoms with E-state index in [2.05, 4.69) is 33.0 Å². The Hall–Kier alpha value is 0.110. The zero-order valence-corrected chi connectivity index (χ0v) is 13.4. The van der Waals surface area contributed by atoms with Crippen molar-refractivity contribution in [2.45, 2.75) is 71.1 Å². The van der Waals surface area contributed by atoms with Gasteiger partial charge in [0.1, 0.15) is 0 Å². The fraction of sp³-hybridized carbons (Fsp3) is 1.00. The normalized spacial score (nSPS) is 30.6. The highest BCUT2D eigenvalue weighted by atomic mass is 32.2. The molecule has 0 heterocycles. The second-order valence-corrected chi connectivity index (χ2v) is 7.81. The van der Waals surface area contributed by atoms with Crippen LogP contribution in [0, 0.1) is 11.8 Å². The lowest BCUT2D eigenvalue weighted by Crippen LogP contribution is -2.47. The molecule has 1 N–H and O–H groups in total. The monoisotopic (exact) mass is 273 g/mol. The van der Waals surface area contributed by atoms with E-state index in [-0.39, 0.29) is 0 Å². The van der Waals surface area contributed by atoms with Crippen LogP contribution in [-0.2, 0) is 10.8 Å². The lowest BCUT2D eigenvalue weighted by Gasteiger charge is -2.36. The van der Waals surface area contributed by atoms with Crippen LogP contribution in [0.25, 0.3) is 0 Å². The van der Waals surface area contributed by atoms with Crippen molar-refractivity contribution in [2.75, 3.05) is 12.3 Å². The van der Waals surface area contributed by atoms with Gasteiger partial charge in [-0.05, 0) is 37.6 Å². The van der Waals surface area contributed by atoms with E-state index in [9.17, 15) is 4.21 Å². The summed E-state index contributed by atoms with van der Waals surface area (Å²) in [4.78, 5) is 0. The molecule has 0 aromatic rings. The van der Waals surface area contributed by atoms with E-state index in [1.807, 2.05) is 0 Å². The van der Waals surface area contributed by atoms with Gasteiger partial charge in [0.25, 0.3) is 0 Å². The van der Waals surface area contributed by atoms with Crippen molar-refractivity contribution < 1.29 is 4.21 Å². The summed E-state index contributed by atoms with van der Waals surface area (Å²) in [7, 11) is -0.655. The van der Waals surface area contributed by atoms with E-state index >= 15 is 0 Å². The van der Waals surface area contributed by atoms with Gasteiger partial charge in [-0.15, -0.1) is 0 Å². The van der Waals surface area contributed by atoms with Gasteiger partial charge in [0, 0.05) is 22.6 Å². The minimum absolute atomic E-state index is 0.387. The van der Waals surface area contributed by atoms with Crippen LogP contribution in [-0.4, -0.2) is 27.8 Å². The lowest BCUT2D eigenvalue weighted by atomic mass is 9.83. The summed E-state index contributed by atoms with van der Waals surface area (Å²) < 4.78 is 12.5. The summed E-state index contributed by atoms with van der Waals surface area (Å²) in [5.41, 5.74) is 0. The third-order valence-electron chi connectivity index (χ3n) is 3.90. The van der Waals surface area contributed by atoms with Gasteiger partial charge >= 0.3 is 0 Å². The predicted octanol–water partition coefficient (Wildman–Crippen LogP) is 3.34. The molecule has 0 bridgehead atoms. The van der Waals surface area contributed by atoms with Crippen LogP contribution in [0.4, 0.5) is 0 Å². The average molecular weight is 273 g/mol. The van der Waals surface area contributed by atoms with Gasteiger partial charge in [0.15, 0.2) is 0 Å². The molecule has 0 saturated heterocycles. The first-order chi connectivity index (χ1) is 8.58. The summed E-state index contributed by atoms with van der Waals surface area (Å²) in [6.07, 6.45) is 6.28. The van der Waals surface area contributed by atoms with E-state index in [4.69, 9.17) is 0 Å². The first kappa shape index (κ1) is 16.2. The fourth-order valence-electron chi connectivity index (χ4n) is 3.12. The smallest absolute Gasteiger partial charge is 0.0503 e. The highest BCUT2D eigenvalue weighted by Crippen LogP contribution is 2.31. The van der Waals surface area contributed by atoms with E-state index < -0.39 is 10.8 Å². The van der Waals surface area contributed by atoms with Gasteiger partial charge in [-0.3, -0.25) is 4.21 Å². The average Bonchev–Trinajstić information content (AvgIpc) is 2.30. The highest BCUT2D eigenvalue weighted by Gasteiger charge is 2.33. The van der Waals surface area contributed by atoms with Crippen LogP contribution in [0.5, 0.6) is 0 Å². The van der Waals surface area contributed by atoms with Gasteiger partial charge in [0.05, 0.1) is 5.25 Å². The Morgan fingerprint density at radius 3 is 2.56 bits per heavy atom. The molecule has 2 nitrogen and oxygen atoms in total. The van der Waals surface area contributed by atoms with E-state index in [1.54, 1.807) is 0 Å². The maximum atomic E-state index is 12.5. The van der Waals surface area contributed by atoms with Gasteiger partial charge < -0.3 is 5.32 Å². The van der Waals surface area contributed by atoms with Gasteiger partial charge in [-0.2, -0.15) is 0 Å². The number of nitrogens with one attached hydrogen (secondary N) is 1. The Morgan fingerprint density at radius 1 is 1.28 bits per heavy atom. The highest BCUT2D eigenvalue weighted by molar-refractivity contribution is 7.85. The molecule has 1 aliphatic carbocycles. The van der Waals surface area contributed by atoms with Gasteiger partial charge in [-0.25, -0.2) is 0 Å². The van der Waals surface area contributed by atoms with E-state index in [1.165, 1.54) is 32.1 Å². The van der Waals surface area contributed by atoms with Crippen molar-refractivity contribution in [1.82, 2.24) is 5.32 Å². The molecule has 0 spiro atoms. The van der Waals surface area contributed by atoms with E-state index in [0.29, 0.717) is 17.2 Å². The molecular formula is C15H31NOS. The van der Waals surface area contributed by atoms with Crippen LogP contribution >= 0.6 is 0 Å². The SMILES string of the molecule is CCCC1CCC(NCC)C(S(=O)CC(C)C)C1. The van der Waals surface area contributed by atoms with Crippen molar-refractivity contribution in [1.29, 1.82) is 0 Å². The Morgan fingerprint density at radius 2 is 2.00 bits per heavy atom. The lowest BCUT2D eigenvalue weighted by molar-refractivity contribution is 0.286. The molecule has 0 aromatic carbocycles. The van der Waals surface area contributed by atoms with E-state index in [0.717, 1.165) is 18.2 Å². The molecule has 1 rings (SSSR count). The maximum absolute atomic E-state index is 12.5. The standard InChI is InChI=1S/C15H31NOS/c1-5-7-13-8-9-14(16-6-2)15(10-13)18(17)11-12(3)4/h12-16H,5-11H2,1-4H3. The van der Waals surface area contributed by atoms with Crippen molar-refractivity contribution in [3.05, 3.63) is 0 Å². The van der Waals surface area contributed by atoms with Crippen molar-refractivity contribution in [2.24, 2.45) is 11.8 Å². The molecule has 0 aromatic heterocycles. The largest absolute Gasteiger partial charge is 0.313 e. The van der Waals surface area contributed by atoms with Gasteiger partial charge in [-0.1, -0.05) is 40.5 Å². The second-order valence-electron chi connectivity index (χ2n) is 6.11. The Balaban J connectivity index is 2.62. The molecule has 18 heavy (non-hydrogen) atoms. The van der Waals surface area contributed by atoms with Crippen molar-refractivity contribution in [3.8, 4) is 0 Å². The molecule has 4 unspecified atom stereocenters. The molecule has 1 fully saturated rings. The third kappa shape index (κ3) is 5.00. The summed E-state index contributed by atoms with van der Waals surface area (Å²) in [5.74, 6) is 2.22. The molecular weight excluding hydrogens is 242 g/mol. The first-order valence-electron chi connectivity index (χ1n) is 7.69. The molecule has 1 saturated carbocycles. The third-order valence-corrected chi connectivity index (χ3v) is 6.09. The van der Waals surface area contributed by atoms with Crippen LogP contribution in [0.2, 0.25) is 0 Å². The predicted molar refractivity (Wildman–Crippen MR) is 81.3 cm³/mol. The van der Waals surface area contributed by atoms with Crippen molar-refractivity contribution in [3.63, 3.8) is 0 Å². The van der Waals surface area contributed by atoms with Crippen LogP contribution in [0.1, 0.15) is 59.8 Å². The van der Waals surface area contributed by atoms with Crippen LogP contribution in [0.15, 0.2) is 0 Å². The number of hydrogen-bond donors (Lipinski definition) is 1. The molecule has 1 aliphatic rings. The summed E-state index contributed by atoms with van der Waals surface area (Å²) >= 11 is 0. The zero-order chi connectivity index (χ0) is 13.5. The molecule has 3 heteroatoms. The van der Waals surface area contributed by atoms with Crippen LogP contribution in [0.3, 0.4) is 0 Å². The summed E-state index contributed by atoms with van der Waals surface area (Å²) in [6, 6.07) is 0.489. The number of rotatable bonds is 7.